The summed E-state index contributed by atoms with van der Waals surface area (Å²) in [7, 11) is 1.59. The molecule has 3 unspecified atom stereocenters. The second kappa shape index (κ2) is 13.5. The number of nitrogens with two attached hydrogens (primary N) is 1. The summed E-state index contributed by atoms with van der Waals surface area (Å²) in [6.07, 6.45) is 4.09. The van der Waals surface area contributed by atoms with E-state index in [2.05, 4.69) is 27.1 Å². The third-order valence-electron chi connectivity index (χ3n) is 5.32. The van der Waals surface area contributed by atoms with Gasteiger partial charge >= 0.3 is 0 Å². The van der Waals surface area contributed by atoms with E-state index in [9.17, 15) is 9.59 Å². The predicted octanol–water partition coefficient (Wildman–Crippen LogP) is 2.29. The van der Waals surface area contributed by atoms with Crippen LogP contribution in [0.5, 0.6) is 0 Å². The van der Waals surface area contributed by atoms with Crippen molar-refractivity contribution < 1.29 is 14.3 Å². The highest BCUT2D eigenvalue weighted by atomic mass is 16.5. The summed E-state index contributed by atoms with van der Waals surface area (Å²) in [5, 5.41) is 2.60. The van der Waals surface area contributed by atoms with Crippen molar-refractivity contribution in [2.45, 2.75) is 58.4 Å². The molecule has 2 aromatic heterocycles. The van der Waals surface area contributed by atoms with Gasteiger partial charge < -0.3 is 15.8 Å². The van der Waals surface area contributed by atoms with Crippen LogP contribution in [0.15, 0.2) is 48.8 Å². The molecule has 3 atom stereocenters. The fourth-order valence-electron chi connectivity index (χ4n) is 3.52. The molecule has 0 fully saturated rings. The number of ether oxygens (including phenoxy) is 1. The lowest BCUT2D eigenvalue weighted by Gasteiger charge is -2.29. The van der Waals surface area contributed by atoms with E-state index >= 15 is 0 Å². The van der Waals surface area contributed by atoms with Gasteiger partial charge in [0.15, 0.2) is 0 Å². The van der Waals surface area contributed by atoms with E-state index in [1.165, 1.54) is 0 Å². The summed E-state index contributed by atoms with van der Waals surface area (Å²) < 4.78 is 6.06. The van der Waals surface area contributed by atoms with Crippen LogP contribution >= 0.6 is 0 Å². The molecule has 0 saturated heterocycles. The quantitative estimate of drug-likeness (QED) is 0.465. The molecule has 2 rings (SSSR count). The summed E-state index contributed by atoms with van der Waals surface area (Å²) in [6, 6.07) is 11.8. The topological polar surface area (TPSA) is 110 Å². The van der Waals surface area contributed by atoms with Crippen molar-refractivity contribution in [1.29, 1.82) is 0 Å². The molecule has 0 saturated carbocycles. The van der Waals surface area contributed by atoms with Gasteiger partial charge in [0.1, 0.15) is 0 Å². The number of nitrogens with one attached hydrogen (secondary N) is 1. The van der Waals surface area contributed by atoms with Crippen LogP contribution in [-0.4, -0.2) is 52.5 Å². The molecule has 8 heteroatoms. The zero-order valence-electron chi connectivity index (χ0n) is 19.2. The Kier molecular flexibility index (Phi) is 10.8. The van der Waals surface area contributed by atoms with E-state index in [0.717, 1.165) is 24.4 Å². The molecule has 32 heavy (non-hydrogen) atoms. The van der Waals surface area contributed by atoms with Gasteiger partial charge in [-0.2, -0.15) is 0 Å². The van der Waals surface area contributed by atoms with Gasteiger partial charge in [-0.15, -0.1) is 0 Å². The largest absolute Gasteiger partial charge is 0.374 e. The maximum Gasteiger partial charge on any atom is 0.222 e. The SMILES string of the molecule is CNC(=O)CC(C)OC(CC(N)=O)C(C)CCN(Cc1ccccn1)Cc1ccccn1. The molecule has 0 spiro atoms. The fourth-order valence-corrected chi connectivity index (χ4v) is 3.52. The molecule has 2 aromatic rings. The van der Waals surface area contributed by atoms with Crippen LogP contribution in [-0.2, 0) is 27.4 Å². The molecule has 2 amide bonds. The van der Waals surface area contributed by atoms with E-state index in [0.29, 0.717) is 13.1 Å². The first-order valence-corrected chi connectivity index (χ1v) is 11.0. The fraction of sp³-hybridized carbons (Fsp3) is 0.500. The molecule has 0 bridgehead atoms. The van der Waals surface area contributed by atoms with Crippen molar-refractivity contribution in [2.75, 3.05) is 13.6 Å². The number of aromatic nitrogens is 2. The summed E-state index contributed by atoms with van der Waals surface area (Å²) in [5.74, 6) is -0.433. The van der Waals surface area contributed by atoms with Crippen LogP contribution < -0.4 is 11.1 Å². The van der Waals surface area contributed by atoms with Crippen LogP contribution in [0.1, 0.15) is 44.5 Å². The van der Waals surface area contributed by atoms with E-state index in [1.54, 1.807) is 19.4 Å². The highest BCUT2D eigenvalue weighted by Gasteiger charge is 2.24. The Labute approximate surface area is 190 Å². The lowest BCUT2D eigenvalue weighted by atomic mass is 9.97. The second-order valence-corrected chi connectivity index (χ2v) is 8.15. The Morgan fingerprint density at radius 2 is 1.62 bits per heavy atom. The number of hydrogen-bond donors (Lipinski definition) is 2. The predicted molar refractivity (Wildman–Crippen MR) is 123 cm³/mol. The Balaban J connectivity index is 2.02. The van der Waals surface area contributed by atoms with Gasteiger partial charge in [-0.05, 0) is 50.1 Å². The number of carbonyl (C=O) groups is 2. The summed E-state index contributed by atoms with van der Waals surface area (Å²) in [6.45, 7) is 6.05. The van der Waals surface area contributed by atoms with Gasteiger partial charge in [-0.25, -0.2) is 0 Å². The molecule has 174 valence electrons. The molecule has 0 aliphatic rings. The van der Waals surface area contributed by atoms with E-state index in [4.69, 9.17) is 10.5 Å². The summed E-state index contributed by atoms with van der Waals surface area (Å²) >= 11 is 0. The minimum atomic E-state index is -0.409. The Morgan fingerprint density at radius 1 is 1.03 bits per heavy atom. The first-order valence-electron chi connectivity index (χ1n) is 11.0. The molecule has 8 nitrogen and oxygen atoms in total. The van der Waals surface area contributed by atoms with Gasteiger partial charge in [0.05, 0.1) is 36.4 Å². The molecule has 0 aliphatic carbocycles. The van der Waals surface area contributed by atoms with Crippen molar-refractivity contribution in [3.63, 3.8) is 0 Å². The third-order valence-corrected chi connectivity index (χ3v) is 5.32. The number of hydrogen-bond acceptors (Lipinski definition) is 6. The van der Waals surface area contributed by atoms with Crippen molar-refractivity contribution in [2.24, 2.45) is 11.7 Å². The first-order chi connectivity index (χ1) is 15.4. The smallest absolute Gasteiger partial charge is 0.222 e. The van der Waals surface area contributed by atoms with Crippen LogP contribution in [0.4, 0.5) is 0 Å². The number of nitrogens with zero attached hydrogens (tertiary/aromatic N) is 3. The van der Waals surface area contributed by atoms with Crippen LogP contribution in [0, 0.1) is 5.92 Å². The molecule has 0 radical (unpaired) electrons. The van der Waals surface area contributed by atoms with Crippen LogP contribution in [0.25, 0.3) is 0 Å². The number of carbonyl (C=O) groups excluding carboxylic acids is 2. The van der Waals surface area contributed by atoms with E-state index < -0.39 is 5.91 Å². The monoisotopic (exact) mass is 441 g/mol. The number of pyridine rings is 2. The number of primary amides is 1. The lowest BCUT2D eigenvalue weighted by molar-refractivity contribution is -0.128. The zero-order chi connectivity index (χ0) is 23.3. The molecular weight excluding hydrogens is 406 g/mol. The molecule has 3 N–H and O–H groups in total. The summed E-state index contributed by atoms with van der Waals surface area (Å²) in [5.41, 5.74) is 7.44. The van der Waals surface area contributed by atoms with Gasteiger partial charge in [-0.1, -0.05) is 19.1 Å². The minimum Gasteiger partial charge on any atom is -0.374 e. The molecular formula is C24H35N5O3. The Morgan fingerprint density at radius 3 is 2.09 bits per heavy atom. The van der Waals surface area contributed by atoms with Crippen molar-refractivity contribution in [1.82, 2.24) is 20.2 Å². The van der Waals surface area contributed by atoms with Gasteiger partial charge in [0.25, 0.3) is 0 Å². The third kappa shape index (κ3) is 9.53. The summed E-state index contributed by atoms with van der Waals surface area (Å²) in [4.78, 5) is 34.5. The van der Waals surface area contributed by atoms with Gasteiger partial charge in [0.2, 0.25) is 11.8 Å². The van der Waals surface area contributed by atoms with Crippen LogP contribution in [0.2, 0.25) is 0 Å². The van der Waals surface area contributed by atoms with Gasteiger partial charge in [-0.3, -0.25) is 24.5 Å². The zero-order valence-corrected chi connectivity index (χ0v) is 19.2. The Bertz CT molecular complexity index is 777. The lowest BCUT2D eigenvalue weighted by Crippen LogP contribution is -2.35. The maximum absolute atomic E-state index is 11.7. The standard InChI is InChI=1S/C24H35N5O3/c1-18(22(15-23(25)30)32-19(2)14-24(31)26-3)10-13-29(16-20-8-4-6-11-27-20)17-21-9-5-7-12-28-21/h4-9,11-12,18-19,22H,10,13-17H2,1-3H3,(H2,25,30)(H,26,31). The van der Waals surface area contributed by atoms with E-state index in [-0.39, 0.29) is 36.9 Å². The van der Waals surface area contributed by atoms with Crippen molar-refractivity contribution in [3.8, 4) is 0 Å². The van der Waals surface area contributed by atoms with Crippen molar-refractivity contribution >= 4 is 11.8 Å². The Hall–Kier alpha value is -2.84. The molecule has 0 aliphatic heterocycles. The maximum atomic E-state index is 11.7. The number of amides is 2. The van der Waals surface area contributed by atoms with Crippen LogP contribution in [0.3, 0.4) is 0 Å². The molecule has 0 aromatic carbocycles. The highest BCUT2D eigenvalue weighted by Crippen LogP contribution is 2.20. The molecule has 2 heterocycles. The number of rotatable bonds is 14. The average molecular weight is 442 g/mol. The second-order valence-electron chi connectivity index (χ2n) is 8.15. The normalized spacial score (nSPS) is 14.0. The van der Waals surface area contributed by atoms with E-state index in [1.807, 2.05) is 43.3 Å². The first kappa shape index (κ1) is 25.4. The van der Waals surface area contributed by atoms with Gasteiger partial charge in [0, 0.05) is 32.5 Å². The highest BCUT2D eigenvalue weighted by molar-refractivity contribution is 5.76. The minimum absolute atomic E-state index is 0.0737. The average Bonchev–Trinajstić information content (AvgIpc) is 2.77. The van der Waals surface area contributed by atoms with Crippen molar-refractivity contribution in [3.05, 3.63) is 60.2 Å².